The molecule has 0 radical (unpaired) electrons. The van der Waals surface area contributed by atoms with Crippen molar-refractivity contribution in [2.24, 2.45) is 5.92 Å². The summed E-state index contributed by atoms with van der Waals surface area (Å²) in [5, 5.41) is 0. The van der Waals surface area contributed by atoms with Gasteiger partial charge in [-0.05, 0) is 107 Å². The summed E-state index contributed by atoms with van der Waals surface area (Å²) in [6, 6.07) is 20.1. The number of likely N-dealkylation sites (N-methyl/N-ethyl adjacent to an activating group) is 1. The van der Waals surface area contributed by atoms with Crippen molar-refractivity contribution in [1.29, 1.82) is 0 Å². The number of hydrogen-bond donors (Lipinski definition) is 0. The SMILES string of the molecule is CCN(CC)CCOc1ccc(CN2CCC(N3CCC(C(=O)c4ccc(S(=O)(=O)c5ccc6c(c5)OCO6)cc4)CC3)CC2)cc1. The monoisotopic (exact) mass is 661 g/mol. The maximum absolute atomic E-state index is 13.4. The Balaban J connectivity index is 0.934. The van der Waals surface area contributed by atoms with Crippen molar-refractivity contribution < 1.29 is 27.4 Å². The van der Waals surface area contributed by atoms with Crippen LogP contribution in [0.3, 0.4) is 0 Å². The van der Waals surface area contributed by atoms with E-state index in [0.29, 0.717) is 29.7 Å². The summed E-state index contributed by atoms with van der Waals surface area (Å²) >= 11 is 0. The number of benzene rings is 3. The lowest BCUT2D eigenvalue weighted by Gasteiger charge is -2.41. The Kier molecular flexibility index (Phi) is 10.8. The van der Waals surface area contributed by atoms with Gasteiger partial charge in [0.05, 0.1) is 9.79 Å². The van der Waals surface area contributed by atoms with Crippen molar-refractivity contribution in [3.63, 3.8) is 0 Å². The Hall–Kier alpha value is -3.44. The second-order valence-electron chi connectivity index (χ2n) is 12.7. The van der Waals surface area contributed by atoms with E-state index < -0.39 is 9.84 Å². The fourth-order valence-electron chi connectivity index (χ4n) is 6.97. The van der Waals surface area contributed by atoms with E-state index in [9.17, 15) is 13.2 Å². The van der Waals surface area contributed by atoms with Gasteiger partial charge in [-0.25, -0.2) is 8.42 Å². The highest BCUT2D eigenvalue weighted by Crippen LogP contribution is 2.36. The van der Waals surface area contributed by atoms with E-state index in [1.165, 1.54) is 29.8 Å². The number of carbonyl (C=O) groups is 1. The van der Waals surface area contributed by atoms with Gasteiger partial charge in [0.15, 0.2) is 17.3 Å². The quantitative estimate of drug-likeness (QED) is 0.220. The van der Waals surface area contributed by atoms with Crippen molar-refractivity contribution in [2.45, 2.75) is 61.9 Å². The van der Waals surface area contributed by atoms with Crippen LogP contribution in [0.5, 0.6) is 17.2 Å². The molecule has 3 aromatic carbocycles. The standard InChI is InChI=1S/C37H47N3O6S/c1-3-38(4-2)23-24-44-32-9-5-28(6-10-32)26-39-19-17-31(18-20-39)40-21-15-30(16-22-40)37(41)29-7-11-33(12-8-29)47(42,43)34-13-14-35-36(25-34)46-27-45-35/h5-14,25,30-31H,3-4,15-24,26-27H2,1-2H3. The Labute approximate surface area is 279 Å². The van der Waals surface area contributed by atoms with Crippen LogP contribution in [0.2, 0.25) is 0 Å². The first-order chi connectivity index (χ1) is 22.8. The van der Waals surface area contributed by atoms with Crippen molar-refractivity contribution in [2.75, 3.05) is 59.2 Å². The number of ketones is 1. The fraction of sp³-hybridized carbons (Fsp3) is 0.486. The third-order valence-corrected chi connectivity index (χ3v) is 11.7. The summed E-state index contributed by atoms with van der Waals surface area (Å²) in [5.74, 6) is 1.96. The van der Waals surface area contributed by atoms with E-state index in [0.717, 1.165) is 83.8 Å². The first-order valence-corrected chi connectivity index (χ1v) is 18.5. The van der Waals surface area contributed by atoms with E-state index in [-0.39, 0.29) is 28.3 Å². The number of Topliss-reactive ketones (excluding diaryl/α,β-unsaturated/α-hetero) is 1. The number of sulfone groups is 1. The molecule has 0 N–H and O–H groups in total. The van der Waals surface area contributed by atoms with E-state index in [1.807, 2.05) is 0 Å². The van der Waals surface area contributed by atoms with Gasteiger partial charge in [-0.2, -0.15) is 0 Å². The average molecular weight is 662 g/mol. The summed E-state index contributed by atoms with van der Waals surface area (Å²) in [7, 11) is -3.74. The molecule has 0 unspecified atom stereocenters. The van der Waals surface area contributed by atoms with Gasteiger partial charge in [0, 0.05) is 36.7 Å². The Morgan fingerprint density at radius 1 is 0.830 bits per heavy atom. The van der Waals surface area contributed by atoms with Crippen LogP contribution < -0.4 is 14.2 Å². The minimum absolute atomic E-state index is 0.0353. The summed E-state index contributed by atoms with van der Waals surface area (Å²) in [5.41, 5.74) is 1.89. The molecule has 0 spiro atoms. The summed E-state index contributed by atoms with van der Waals surface area (Å²) < 4.78 is 43.0. The molecule has 0 aromatic heterocycles. The minimum atomic E-state index is -3.74. The van der Waals surface area contributed by atoms with Gasteiger partial charge in [-0.3, -0.25) is 9.69 Å². The van der Waals surface area contributed by atoms with Gasteiger partial charge in [0.2, 0.25) is 16.6 Å². The van der Waals surface area contributed by atoms with Gasteiger partial charge >= 0.3 is 0 Å². The predicted molar refractivity (Wildman–Crippen MR) is 181 cm³/mol. The molecule has 0 amide bonds. The van der Waals surface area contributed by atoms with Gasteiger partial charge in [-0.15, -0.1) is 0 Å². The highest BCUT2D eigenvalue weighted by atomic mass is 32.2. The third-order valence-electron chi connectivity index (χ3n) is 9.98. The molecule has 6 rings (SSSR count). The molecule has 0 saturated carbocycles. The fourth-order valence-corrected chi connectivity index (χ4v) is 8.24. The molecule has 3 aromatic rings. The minimum Gasteiger partial charge on any atom is -0.492 e. The first kappa shape index (κ1) is 33.5. The highest BCUT2D eigenvalue weighted by molar-refractivity contribution is 7.91. The number of fused-ring (bicyclic) bond motifs is 1. The molecule has 9 nitrogen and oxygen atoms in total. The van der Waals surface area contributed by atoms with Crippen LogP contribution in [0.15, 0.2) is 76.5 Å². The van der Waals surface area contributed by atoms with Crippen LogP contribution >= 0.6 is 0 Å². The first-order valence-electron chi connectivity index (χ1n) is 17.0. The summed E-state index contributed by atoms with van der Waals surface area (Å²) in [6.07, 6.45) is 3.95. The number of hydrogen-bond acceptors (Lipinski definition) is 9. The van der Waals surface area contributed by atoms with E-state index in [2.05, 4.69) is 52.8 Å². The van der Waals surface area contributed by atoms with Crippen molar-refractivity contribution in [1.82, 2.24) is 14.7 Å². The molecular formula is C37H47N3O6S. The van der Waals surface area contributed by atoms with Crippen LogP contribution in [0.25, 0.3) is 0 Å². The van der Waals surface area contributed by atoms with Gasteiger partial charge in [0.25, 0.3) is 0 Å². The molecule has 0 bridgehead atoms. The number of likely N-dealkylation sites (tertiary alicyclic amines) is 2. The van der Waals surface area contributed by atoms with Gasteiger partial charge in [0.1, 0.15) is 12.4 Å². The Morgan fingerprint density at radius 3 is 2.17 bits per heavy atom. The molecule has 10 heteroatoms. The second-order valence-corrected chi connectivity index (χ2v) is 14.7. The summed E-state index contributed by atoms with van der Waals surface area (Å²) in [4.78, 5) is 21.1. The molecule has 2 fully saturated rings. The molecule has 0 atom stereocenters. The van der Waals surface area contributed by atoms with Crippen LogP contribution in [0, 0.1) is 5.92 Å². The molecule has 3 aliphatic heterocycles. The number of carbonyl (C=O) groups excluding carboxylic acids is 1. The maximum atomic E-state index is 13.4. The predicted octanol–water partition coefficient (Wildman–Crippen LogP) is 5.53. The zero-order valence-electron chi connectivity index (χ0n) is 27.6. The average Bonchev–Trinajstić information content (AvgIpc) is 3.59. The number of ether oxygens (including phenoxy) is 3. The van der Waals surface area contributed by atoms with Crippen LogP contribution in [-0.2, 0) is 16.4 Å². The number of rotatable bonds is 13. The molecule has 3 heterocycles. The third kappa shape index (κ3) is 8.00. The van der Waals surface area contributed by atoms with Crippen molar-refractivity contribution >= 4 is 15.6 Å². The lowest BCUT2D eigenvalue weighted by Crippen LogP contribution is -2.48. The van der Waals surface area contributed by atoms with Gasteiger partial charge < -0.3 is 24.0 Å². The smallest absolute Gasteiger partial charge is 0.231 e. The van der Waals surface area contributed by atoms with E-state index >= 15 is 0 Å². The van der Waals surface area contributed by atoms with Crippen molar-refractivity contribution in [3.05, 3.63) is 77.9 Å². The summed E-state index contributed by atoms with van der Waals surface area (Å²) in [6.45, 7) is 13.2. The Bertz CT molecular complexity index is 1590. The molecular weight excluding hydrogens is 614 g/mol. The molecule has 0 aliphatic carbocycles. The number of piperidine rings is 2. The van der Waals surface area contributed by atoms with E-state index in [4.69, 9.17) is 14.2 Å². The largest absolute Gasteiger partial charge is 0.492 e. The lowest BCUT2D eigenvalue weighted by molar-refractivity contribution is 0.0640. The van der Waals surface area contributed by atoms with E-state index in [1.54, 1.807) is 18.2 Å². The van der Waals surface area contributed by atoms with Gasteiger partial charge in [-0.1, -0.05) is 38.1 Å². The van der Waals surface area contributed by atoms with Crippen molar-refractivity contribution in [3.8, 4) is 17.2 Å². The zero-order chi connectivity index (χ0) is 32.8. The highest BCUT2D eigenvalue weighted by Gasteiger charge is 2.31. The maximum Gasteiger partial charge on any atom is 0.231 e. The molecule has 47 heavy (non-hydrogen) atoms. The topological polar surface area (TPSA) is 88.6 Å². The zero-order valence-corrected chi connectivity index (χ0v) is 28.4. The Morgan fingerprint density at radius 2 is 1.49 bits per heavy atom. The second kappa shape index (κ2) is 15.2. The molecule has 2 saturated heterocycles. The van der Waals surface area contributed by atoms with Crippen LogP contribution in [0.4, 0.5) is 0 Å². The lowest BCUT2D eigenvalue weighted by atomic mass is 9.87. The molecule has 3 aliphatic rings. The normalized spacial score (nSPS) is 18.1. The number of nitrogens with zero attached hydrogens (tertiary/aromatic N) is 3. The van der Waals surface area contributed by atoms with Crippen LogP contribution in [0.1, 0.15) is 55.5 Å². The van der Waals surface area contributed by atoms with Crippen LogP contribution in [-0.4, -0.2) is 94.2 Å². The molecule has 252 valence electrons.